The maximum absolute atomic E-state index is 12.4. The van der Waals surface area contributed by atoms with Crippen LogP contribution in [-0.2, 0) is 4.79 Å². The van der Waals surface area contributed by atoms with Crippen molar-refractivity contribution in [3.05, 3.63) is 23.9 Å². The maximum atomic E-state index is 12.4. The number of amides is 1. The highest BCUT2D eigenvalue weighted by atomic mass is 16.4. The lowest BCUT2D eigenvalue weighted by Gasteiger charge is -2.42. The Bertz CT molecular complexity index is 639. The number of aliphatic carboxylic acids is 1. The fourth-order valence-corrected chi connectivity index (χ4v) is 3.23. The minimum atomic E-state index is -0.777. The summed E-state index contributed by atoms with van der Waals surface area (Å²) < 4.78 is 0. The van der Waals surface area contributed by atoms with Gasteiger partial charge in [-0.25, -0.2) is 4.98 Å². The molecule has 7 heteroatoms. The van der Waals surface area contributed by atoms with Gasteiger partial charge in [0.25, 0.3) is 5.91 Å². The molecule has 1 aromatic heterocycles. The second-order valence-electron chi connectivity index (χ2n) is 7.36. The van der Waals surface area contributed by atoms with E-state index >= 15 is 0 Å². The molecular weight excluding hydrogens is 320 g/mol. The van der Waals surface area contributed by atoms with Crippen LogP contribution in [0.15, 0.2) is 18.3 Å². The van der Waals surface area contributed by atoms with Gasteiger partial charge < -0.3 is 15.3 Å². The molecule has 0 bridgehead atoms. The summed E-state index contributed by atoms with van der Waals surface area (Å²) in [4.78, 5) is 31.6. The van der Waals surface area contributed by atoms with Gasteiger partial charge in [0.05, 0.1) is 6.54 Å². The van der Waals surface area contributed by atoms with Gasteiger partial charge in [-0.3, -0.25) is 14.5 Å². The Morgan fingerprint density at radius 2 is 2.04 bits per heavy atom. The Balaban J connectivity index is 1.51. The Morgan fingerprint density at radius 1 is 1.32 bits per heavy atom. The normalized spacial score (nSPS) is 22.4. The smallest absolute Gasteiger partial charge is 0.317 e. The number of hydrogen-bond donors (Lipinski definition) is 2. The van der Waals surface area contributed by atoms with Crippen molar-refractivity contribution in [2.45, 2.75) is 37.8 Å². The number of carbonyl (C=O) groups is 2. The van der Waals surface area contributed by atoms with Gasteiger partial charge in [-0.1, -0.05) is 0 Å². The highest BCUT2D eigenvalue weighted by molar-refractivity contribution is 5.95. The molecule has 1 amide bonds. The topological polar surface area (TPSA) is 85.8 Å². The van der Waals surface area contributed by atoms with Crippen LogP contribution in [0.25, 0.3) is 0 Å². The molecule has 0 spiro atoms. The molecule has 1 aromatic rings. The van der Waals surface area contributed by atoms with E-state index < -0.39 is 5.97 Å². The zero-order chi connectivity index (χ0) is 18.0. The van der Waals surface area contributed by atoms with Crippen molar-refractivity contribution in [1.29, 1.82) is 0 Å². The van der Waals surface area contributed by atoms with Crippen LogP contribution in [0.4, 0.5) is 5.82 Å². The quantitative estimate of drug-likeness (QED) is 0.736. The van der Waals surface area contributed by atoms with Crippen molar-refractivity contribution in [2.75, 3.05) is 32.1 Å². The maximum Gasteiger partial charge on any atom is 0.317 e. The number of aromatic nitrogens is 1. The highest BCUT2D eigenvalue weighted by Crippen LogP contribution is 2.33. The lowest BCUT2D eigenvalue weighted by atomic mass is 9.85. The third-order valence-corrected chi connectivity index (χ3v) is 4.96. The monoisotopic (exact) mass is 346 g/mol. The van der Waals surface area contributed by atoms with Gasteiger partial charge in [0, 0.05) is 44.5 Å². The molecule has 25 heavy (non-hydrogen) atoms. The lowest BCUT2D eigenvalue weighted by molar-refractivity contribution is -0.139. The Hall–Kier alpha value is -2.15. The summed E-state index contributed by atoms with van der Waals surface area (Å²) >= 11 is 0. The Morgan fingerprint density at radius 3 is 2.64 bits per heavy atom. The van der Waals surface area contributed by atoms with Crippen molar-refractivity contribution in [2.24, 2.45) is 5.92 Å². The fraction of sp³-hybridized carbons (Fsp3) is 0.611. The predicted octanol–water partition coefficient (Wildman–Crippen LogP) is 1.20. The van der Waals surface area contributed by atoms with Crippen LogP contribution in [0.2, 0.25) is 0 Å². The van der Waals surface area contributed by atoms with Crippen LogP contribution in [0.5, 0.6) is 0 Å². The van der Waals surface area contributed by atoms with E-state index in [9.17, 15) is 9.59 Å². The van der Waals surface area contributed by atoms with Crippen LogP contribution >= 0.6 is 0 Å². The fourth-order valence-electron chi connectivity index (χ4n) is 3.23. The molecular formula is C18H26N4O3. The molecule has 7 nitrogen and oxygen atoms in total. The van der Waals surface area contributed by atoms with Crippen LogP contribution < -0.4 is 10.2 Å². The number of nitrogens with zero attached hydrogens (tertiary/aromatic N) is 3. The van der Waals surface area contributed by atoms with Crippen molar-refractivity contribution >= 4 is 17.7 Å². The molecule has 0 aliphatic heterocycles. The van der Waals surface area contributed by atoms with E-state index in [-0.39, 0.29) is 24.5 Å². The van der Waals surface area contributed by atoms with Gasteiger partial charge in [-0.05, 0) is 43.7 Å². The van der Waals surface area contributed by atoms with E-state index in [1.807, 2.05) is 19.0 Å². The van der Waals surface area contributed by atoms with Gasteiger partial charge in [0.2, 0.25) is 0 Å². The standard InChI is InChI=1S/C18H26N4O3/c1-21(2)16-7-13(5-6-19-16)18(25)20-14-8-15(9-14)22(11-17(23)24)10-12-3-4-12/h5-7,12,14-15H,3-4,8-11H2,1-2H3,(H,20,25)(H,23,24). The molecule has 2 saturated carbocycles. The van der Waals surface area contributed by atoms with E-state index in [4.69, 9.17) is 5.11 Å². The van der Waals surface area contributed by atoms with E-state index in [2.05, 4.69) is 15.2 Å². The zero-order valence-corrected chi connectivity index (χ0v) is 14.8. The zero-order valence-electron chi connectivity index (χ0n) is 14.8. The predicted molar refractivity (Wildman–Crippen MR) is 94.8 cm³/mol. The second-order valence-corrected chi connectivity index (χ2v) is 7.36. The number of pyridine rings is 1. The highest BCUT2D eigenvalue weighted by Gasteiger charge is 2.37. The number of carbonyl (C=O) groups excluding carboxylic acids is 1. The molecule has 0 saturated heterocycles. The summed E-state index contributed by atoms with van der Waals surface area (Å²) in [6.07, 6.45) is 5.69. The molecule has 1 heterocycles. The van der Waals surface area contributed by atoms with Crippen molar-refractivity contribution in [1.82, 2.24) is 15.2 Å². The summed E-state index contributed by atoms with van der Waals surface area (Å²) in [5, 5.41) is 12.1. The third-order valence-electron chi connectivity index (χ3n) is 4.96. The number of anilines is 1. The summed E-state index contributed by atoms with van der Waals surface area (Å²) in [5.74, 6) is 0.535. The first-order valence-electron chi connectivity index (χ1n) is 8.82. The Kier molecular flexibility index (Phi) is 5.22. The summed E-state index contributed by atoms with van der Waals surface area (Å²) in [6, 6.07) is 3.86. The molecule has 136 valence electrons. The van der Waals surface area contributed by atoms with Gasteiger partial charge in [-0.15, -0.1) is 0 Å². The number of carboxylic acid groups (broad SMARTS) is 1. The first-order chi connectivity index (χ1) is 11.9. The van der Waals surface area contributed by atoms with Crippen LogP contribution in [-0.4, -0.2) is 66.1 Å². The molecule has 3 rings (SSSR count). The van der Waals surface area contributed by atoms with Gasteiger partial charge in [-0.2, -0.15) is 0 Å². The SMILES string of the molecule is CN(C)c1cc(C(=O)NC2CC(N(CC(=O)O)CC3CC3)C2)ccn1. The molecule has 2 aliphatic carbocycles. The van der Waals surface area contributed by atoms with Crippen LogP contribution in [0.3, 0.4) is 0 Å². The van der Waals surface area contributed by atoms with Crippen molar-refractivity contribution in [3.8, 4) is 0 Å². The second kappa shape index (κ2) is 7.39. The van der Waals surface area contributed by atoms with Crippen LogP contribution in [0, 0.1) is 5.92 Å². The Labute approximate surface area is 148 Å². The minimum absolute atomic E-state index is 0.0956. The van der Waals surface area contributed by atoms with Gasteiger partial charge in [0.1, 0.15) is 5.82 Å². The summed E-state index contributed by atoms with van der Waals surface area (Å²) in [6.45, 7) is 0.965. The largest absolute Gasteiger partial charge is 0.480 e. The lowest BCUT2D eigenvalue weighted by Crippen LogP contribution is -2.55. The van der Waals surface area contributed by atoms with Crippen LogP contribution in [0.1, 0.15) is 36.0 Å². The minimum Gasteiger partial charge on any atom is -0.480 e. The first kappa shape index (κ1) is 17.7. The van der Waals surface area contributed by atoms with Gasteiger partial charge in [0.15, 0.2) is 0 Å². The molecule has 2 fully saturated rings. The molecule has 0 aromatic carbocycles. The average Bonchev–Trinajstić information content (AvgIpc) is 3.33. The molecule has 2 N–H and O–H groups in total. The van der Waals surface area contributed by atoms with Gasteiger partial charge >= 0.3 is 5.97 Å². The molecule has 0 unspecified atom stereocenters. The molecule has 0 radical (unpaired) electrons. The summed E-state index contributed by atoms with van der Waals surface area (Å²) in [5.41, 5.74) is 0.600. The third kappa shape index (κ3) is 4.69. The van der Waals surface area contributed by atoms with E-state index in [0.717, 1.165) is 25.2 Å². The number of rotatable bonds is 8. The van der Waals surface area contributed by atoms with Crippen molar-refractivity contribution < 1.29 is 14.7 Å². The van der Waals surface area contributed by atoms with E-state index in [0.29, 0.717) is 11.5 Å². The summed E-state index contributed by atoms with van der Waals surface area (Å²) in [7, 11) is 3.77. The number of carboxylic acids is 1. The van der Waals surface area contributed by atoms with E-state index in [1.54, 1.807) is 18.3 Å². The average molecular weight is 346 g/mol. The van der Waals surface area contributed by atoms with E-state index in [1.165, 1.54) is 12.8 Å². The number of hydrogen-bond acceptors (Lipinski definition) is 5. The first-order valence-corrected chi connectivity index (χ1v) is 8.82. The molecule has 0 atom stereocenters. The number of nitrogens with one attached hydrogen (secondary N) is 1. The molecule has 2 aliphatic rings. The van der Waals surface area contributed by atoms with Crippen molar-refractivity contribution in [3.63, 3.8) is 0 Å².